The minimum atomic E-state index is -0.0911. The predicted octanol–water partition coefficient (Wildman–Crippen LogP) is 8.38. The Balaban J connectivity index is 1.10. The molecule has 0 unspecified atom stereocenters. The van der Waals surface area contributed by atoms with Gasteiger partial charge in [0.2, 0.25) is 0 Å². The summed E-state index contributed by atoms with van der Waals surface area (Å²) < 4.78 is 19.0. The highest BCUT2D eigenvalue weighted by molar-refractivity contribution is 5.65. The third kappa shape index (κ3) is 3.67. The molecule has 4 heterocycles. The van der Waals surface area contributed by atoms with Crippen LogP contribution in [0.4, 0.5) is 11.4 Å². The first-order valence-electron chi connectivity index (χ1n) is 14.7. The number of hydrogen-bond donors (Lipinski definition) is 2. The van der Waals surface area contributed by atoms with E-state index in [0.717, 1.165) is 23.0 Å². The van der Waals surface area contributed by atoms with Crippen LogP contribution in [0.2, 0.25) is 0 Å². The van der Waals surface area contributed by atoms with E-state index in [0.29, 0.717) is 25.0 Å². The first kappa shape index (κ1) is 24.7. The number of nitrogens with one attached hydrogen (secondary N) is 2. The molecular formula is C36H36N2O3. The van der Waals surface area contributed by atoms with E-state index in [2.05, 4.69) is 111 Å². The highest BCUT2D eigenvalue weighted by Crippen LogP contribution is 2.54. The molecule has 0 fully saturated rings. The van der Waals surface area contributed by atoms with Gasteiger partial charge >= 0.3 is 0 Å². The van der Waals surface area contributed by atoms with Gasteiger partial charge in [0.05, 0.1) is 25.3 Å². The molecular weight excluding hydrogens is 508 g/mol. The van der Waals surface area contributed by atoms with Crippen molar-refractivity contribution in [3.05, 3.63) is 107 Å². The van der Waals surface area contributed by atoms with Crippen molar-refractivity contribution in [2.75, 3.05) is 23.8 Å². The maximum atomic E-state index is 6.56. The number of hydrogen-bond acceptors (Lipinski definition) is 5. The van der Waals surface area contributed by atoms with E-state index in [4.69, 9.17) is 14.2 Å². The fourth-order valence-electron chi connectivity index (χ4n) is 7.69. The molecule has 4 aromatic rings. The molecule has 0 aromatic heterocycles. The van der Waals surface area contributed by atoms with Gasteiger partial charge in [0, 0.05) is 45.2 Å². The van der Waals surface area contributed by atoms with Crippen LogP contribution in [-0.2, 0) is 10.8 Å². The summed E-state index contributed by atoms with van der Waals surface area (Å²) in [6.45, 7) is 10.7. The summed E-state index contributed by atoms with van der Waals surface area (Å²) in [4.78, 5) is 0. The lowest BCUT2D eigenvalue weighted by Gasteiger charge is -2.48. The average molecular weight is 545 g/mol. The van der Waals surface area contributed by atoms with Crippen LogP contribution in [0.25, 0.3) is 0 Å². The molecule has 0 aliphatic carbocycles. The van der Waals surface area contributed by atoms with Crippen LogP contribution in [0.1, 0.15) is 62.0 Å². The summed E-state index contributed by atoms with van der Waals surface area (Å²) in [5.74, 6) is 4.30. The second kappa shape index (κ2) is 8.69. The van der Waals surface area contributed by atoms with E-state index in [9.17, 15) is 0 Å². The Morgan fingerprint density at radius 1 is 0.610 bits per heavy atom. The predicted molar refractivity (Wildman–Crippen MR) is 163 cm³/mol. The van der Waals surface area contributed by atoms with Crippen molar-refractivity contribution in [3.63, 3.8) is 0 Å². The van der Waals surface area contributed by atoms with E-state index < -0.39 is 0 Å². The van der Waals surface area contributed by atoms with Crippen molar-refractivity contribution in [3.8, 4) is 23.0 Å². The largest absolute Gasteiger partial charge is 0.493 e. The summed E-state index contributed by atoms with van der Waals surface area (Å²) in [6.07, 6.45) is 0. The van der Waals surface area contributed by atoms with E-state index in [1.807, 2.05) is 12.1 Å². The Kier molecular flexibility index (Phi) is 5.23. The number of ether oxygens (including phenoxy) is 3. The Hall–Kier alpha value is -4.12. The van der Waals surface area contributed by atoms with Gasteiger partial charge < -0.3 is 24.8 Å². The highest BCUT2D eigenvalue weighted by Gasteiger charge is 2.48. The van der Waals surface area contributed by atoms with Crippen LogP contribution in [0, 0.1) is 11.8 Å². The zero-order valence-corrected chi connectivity index (χ0v) is 24.0. The first-order valence-corrected chi connectivity index (χ1v) is 14.7. The Morgan fingerprint density at radius 3 is 1.51 bits per heavy atom. The third-order valence-corrected chi connectivity index (χ3v) is 10.2. The molecule has 0 amide bonds. The molecule has 2 N–H and O–H groups in total. The number of para-hydroxylation sites is 2. The second-order valence-electron chi connectivity index (χ2n) is 13.1. The topological polar surface area (TPSA) is 51.8 Å². The van der Waals surface area contributed by atoms with E-state index in [1.165, 1.54) is 33.6 Å². The lowest BCUT2D eigenvalue weighted by atomic mass is 9.65. The van der Waals surface area contributed by atoms with Gasteiger partial charge in [0.1, 0.15) is 23.0 Å². The first-order chi connectivity index (χ1) is 19.8. The minimum Gasteiger partial charge on any atom is -0.493 e. The van der Waals surface area contributed by atoms with Gasteiger partial charge in [-0.15, -0.1) is 0 Å². The number of rotatable bonds is 2. The quantitative estimate of drug-likeness (QED) is 0.265. The molecule has 4 aliphatic rings. The molecule has 5 heteroatoms. The SMILES string of the molecule is CC1(C)c2cc(Oc3ccc4c(c3)C(C)(C)[C@@H]3COc5ccccc5[C@H]3N4)ccc2N[C@@H]2c3ccccc3OC[C@H]21. The van der Waals surface area contributed by atoms with E-state index in [1.54, 1.807) is 0 Å². The molecule has 0 radical (unpaired) electrons. The maximum Gasteiger partial charge on any atom is 0.127 e. The molecule has 5 nitrogen and oxygen atoms in total. The number of fused-ring (bicyclic) bond motifs is 8. The van der Waals surface area contributed by atoms with E-state index in [-0.39, 0.29) is 22.9 Å². The molecule has 0 saturated heterocycles. The summed E-state index contributed by atoms with van der Waals surface area (Å²) in [5.41, 5.74) is 7.15. The summed E-state index contributed by atoms with van der Waals surface area (Å²) >= 11 is 0. The lowest BCUT2D eigenvalue weighted by Crippen LogP contribution is -2.46. The van der Waals surface area contributed by atoms with Crippen LogP contribution in [-0.4, -0.2) is 13.2 Å². The van der Waals surface area contributed by atoms with Crippen LogP contribution < -0.4 is 24.8 Å². The average Bonchev–Trinajstić information content (AvgIpc) is 2.98. The molecule has 208 valence electrons. The Bertz CT molecular complexity index is 1550. The maximum absolute atomic E-state index is 6.56. The fourth-order valence-corrected chi connectivity index (χ4v) is 7.69. The normalized spacial score (nSPS) is 25.6. The van der Waals surface area contributed by atoms with Gasteiger partial charge in [-0.2, -0.15) is 0 Å². The van der Waals surface area contributed by atoms with Crippen LogP contribution in [0.3, 0.4) is 0 Å². The minimum absolute atomic E-state index is 0.0911. The van der Waals surface area contributed by atoms with Crippen molar-refractivity contribution >= 4 is 11.4 Å². The van der Waals surface area contributed by atoms with Crippen molar-refractivity contribution in [2.24, 2.45) is 11.8 Å². The van der Waals surface area contributed by atoms with Gasteiger partial charge in [-0.3, -0.25) is 0 Å². The van der Waals surface area contributed by atoms with Crippen molar-refractivity contribution in [1.82, 2.24) is 0 Å². The molecule has 4 aliphatic heterocycles. The van der Waals surface area contributed by atoms with Gasteiger partial charge in [0.25, 0.3) is 0 Å². The Morgan fingerprint density at radius 2 is 1.05 bits per heavy atom. The second-order valence-corrected chi connectivity index (χ2v) is 13.1. The highest BCUT2D eigenvalue weighted by atomic mass is 16.5. The standard InChI is InChI=1S/C36H36N2O3/c1-35(2)25-17-21(13-15-29(25)37-33-23-9-5-7-11-31(23)39-19-27(33)35)41-22-14-16-30-26(18-22)36(3,4)28-20-40-32-12-8-6-10-24(32)34(28)38-30/h5-18,27-28,33-34,37-38H,19-20H2,1-4H3/t27-,28-,33-,34-/m1/s1. The molecule has 4 atom stereocenters. The van der Waals surface area contributed by atoms with Gasteiger partial charge in [-0.1, -0.05) is 64.1 Å². The summed E-state index contributed by atoms with van der Waals surface area (Å²) in [7, 11) is 0. The molecule has 4 aromatic carbocycles. The zero-order valence-electron chi connectivity index (χ0n) is 24.0. The summed E-state index contributed by atoms with van der Waals surface area (Å²) in [6, 6.07) is 30.2. The fraction of sp³-hybridized carbons (Fsp3) is 0.333. The zero-order chi connectivity index (χ0) is 27.9. The molecule has 8 rings (SSSR count). The van der Waals surface area contributed by atoms with Crippen molar-refractivity contribution in [1.29, 1.82) is 0 Å². The number of anilines is 2. The van der Waals surface area contributed by atoms with Crippen LogP contribution in [0.15, 0.2) is 84.9 Å². The van der Waals surface area contributed by atoms with Crippen molar-refractivity contribution in [2.45, 2.75) is 50.6 Å². The molecule has 0 spiro atoms. The Labute approximate surface area is 241 Å². The third-order valence-electron chi connectivity index (χ3n) is 10.2. The van der Waals surface area contributed by atoms with E-state index >= 15 is 0 Å². The number of benzene rings is 4. The van der Waals surface area contributed by atoms with Gasteiger partial charge in [-0.05, 0) is 59.7 Å². The van der Waals surface area contributed by atoms with Gasteiger partial charge in [-0.25, -0.2) is 0 Å². The molecule has 0 saturated carbocycles. The smallest absolute Gasteiger partial charge is 0.127 e. The van der Waals surface area contributed by atoms with Crippen molar-refractivity contribution < 1.29 is 14.2 Å². The summed E-state index contributed by atoms with van der Waals surface area (Å²) in [5, 5.41) is 7.66. The lowest BCUT2D eigenvalue weighted by molar-refractivity contribution is 0.135. The molecule has 41 heavy (non-hydrogen) atoms. The monoisotopic (exact) mass is 544 g/mol. The van der Waals surface area contributed by atoms with Crippen LogP contribution >= 0.6 is 0 Å². The molecule has 0 bridgehead atoms. The van der Waals surface area contributed by atoms with Gasteiger partial charge in [0.15, 0.2) is 0 Å². The van der Waals surface area contributed by atoms with Crippen LogP contribution in [0.5, 0.6) is 23.0 Å².